The van der Waals surface area contributed by atoms with E-state index in [2.05, 4.69) is 19.8 Å². The first-order chi connectivity index (χ1) is 17.5. The molecule has 9 nitrogen and oxygen atoms in total. The van der Waals surface area contributed by atoms with Crippen LogP contribution in [-0.4, -0.2) is 88.6 Å². The average Bonchev–Trinajstić information content (AvgIpc) is 2.88. The summed E-state index contributed by atoms with van der Waals surface area (Å²) in [6, 6.07) is 16.4. The highest BCUT2D eigenvalue weighted by Gasteiger charge is 2.19. The van der Waals surface area contributed by atoms with E-state index in [4.69, 9.17) is 9.84 Å². The lowest BCUT2D eigenvalue weighted by Crippen LogP contribution is -2.49. The summed E-state index contributed by atoms with van der Waals surface area (Å²) in [5.74, 6) is 0.606. The molecule has 2 aromatic carbocycles. The molecular formula is C27H32N4O5. The van der Waals surface area contributed by atoms with Crippen LogP contribution < -0.4 is 26.6 Å². The van der Waals surface area contributed by atoms with Crippen molar-refractivity contribution in [1.82, 2.24) is 19.8 Å². The Labute approximate surface area is 208 Å². The molecule has 2 heterocycles. The number of hydrogen-bond donors (Lipinski definition) is 4. The van der Waals surface area contributed by atoms with E-state index >= 15 is 0 Å². The van der Waals surface area contributed by atoms with Crippen LogP contribution in [-0.2, 0) is 0 Å². The van der Waals surface area contributed by atoms with Crippen molar-refractivity contribution < 1.29 is 14.9 Å². The molecule has 1 fully saturated rings. The molecule has 190 valence electrons. The smallest absolute Gasteiger partial charge is 0.272 e. The molecule has 0 spiro atoms. The number of aliphatic hydroxyl groups is 2. The van der Waals surface area contributed by atoms with Crippen LogP contribution in [0.4, 0.5) is 0 Å². The third-order valence-electron chi connectivity index (χ3n) is 6.08. The maximum atomic E-state index is 12.5. The Hall–Kier alpha value is -3.50. The lowest BCUT2D eigenvalue weighted by molar-refractivity contribution is 0.0428. The minimum atomic E-state index is -0.615. The lowest BCUT2D eigenvalue weighted by Gasteiger charge is -2.35. The number of piperazine rings is 1. The van der Waals surface area contributed by atoms with Crippen LogP contribution in [0.15, 0.2) is 64.2 Å². The standard InChI is InChI=1S/C27H32N4O5/c32-15-14-30-10-12-31(13-11-30)18-22(33)19-36-23-8-6-21(7-9-23)17-25-27(35)28-24(26(34)29-25)16-20-4-2-1-3-5-20/h1-9,16-17,22,32-33H,10-15,18-19H2,(H,28,35)(H,29,34)/b24-16-,25-17-. The van der Waals surface area contributed by atoms with Gasteiger partial charge in [0.05, 0.1) is 6.61 Å². The Morgan fingerprint density at radius 3 is 1.97 bits per heavy atom. The first kappa shape index (κ1) is 25.6. The van der Waals surface area contributed by atoms with Crippen LogP contribution >= 0.6 is 0 Å². The van der Waals surface area contributed by atoms with Gasteiger partial charge in [-0.3, -0.25) is 19.4 Å². The maximum absolute atomic E-state index is 12.5. The SMILES string of the molecule is O=c1[nH]/c(=C\c2ccc(OCC(O)CN3CCN(CCO)CC3)cc2)c(=O)[nH]/c1=C\c1ccccc1. The van der Waals surface area contributed by atoms with Crippen molar-refractivity contribution in [3.63, 3.8) is 0 Å². The summed E-state index contributed by atoms with van der Waals surface area (Å²) in [5.41, 5.74) is 0.771. The predicted molar refractivity (Wildman–Crippen MR) is 138 cm³/mol. The summed E-state index contributed by atoms with van der Waals surface area (Å²) in [7, 11) is 0. The maximum Gasteiger partial charge on any atom is 0.272 e. The Bertz CT molecular complexity index is 1340. The molecular weight excluding hydrogens is 460 g/mol. The number of rotatable bonds is 9. The van der Waals surface area contributed by atoms with Crippen LogP contribution in [0.3, 0.4) is 0 Å². The normalized spacial score (nSPS) is 16.8. The number of aromatic amines is 2. The zero-order chi connectivity index (χ0) is 25.3. The topological polar surface area (TPSA) is 122 Å². The van der Waals surface area contributed by atoms with Crippen molar-refractivity contribution in [1.29, 1.82) is 0 Å². The third-order valence-corrected chi connectivity index (χ3v) is 6.08. The van der Waals surface area contributed by atoms with E-state index in [1.165, 1.54) is 0 Å². The first-order valence-electron chi connectivity index (χ1n) is 12.1. The van der Waals surface area contributed by atoms with E-state index in [0.29, 0.717) is 18.8 Å². The molecule has 4 N–H and O–H groups in total. The van der Waals surface area contributed by atoms with Crippen molar-refractivity contribution in [3.05, 3.63) is 97.1 Å². The molecule has 0 amide bonds. The predicted octanol–water partition coefficient (Wildman–Crippen LogP) is -0.930. The van der Waals surface area contributed by atoms with Gasteiger partial charge in [-0.1, -0.05) is 42.5 Å². The molecule has 1 aliphatic rings. The van der Waals surface area contributed by atoms with Gasteiger partial charge in [-0.15, -0.1) is 0 Å². The Balaban J connectivity index is 1.34. The Kier molecular flexibility index (Phi) is 8.85. The molecule has 0 saturated carbocycles. The van der Waals surface area contributed by atoms with Crippen LogP contribution in [0.5, 0.6) is 5.75 Å². The molecule has 0 bridgehead atoms. The summed E-state index contributed by atoms with van der Waals surface area (Å²) in [6.07, 6.45) is 2.61. The van der Waals surface area contributed by atoms with Crippen molar-refractivity contribution in [2.45, 2.75) is 6.10 Å². The molecule has 1 unspecified atom stereocenters. The first-order valence-corrected chi connectivity index (χ1v) is 12.1. The quantitative estimate of drug-likeness (QED) is 0.305. The molecule has 36 heavy (non-hydrogen) atoms. The van der Waals surface area contributed by atoms with Gasteiger partial charge in [-0.25, -0.2) is 0 Å². The van der Waals surface area contributed by atoms with Crippen molar-refractivity contribution in [2.24, 2.45) is 0 Å². The van der Waals surface area contributed by atoms with Gasteiger partial charge in [-0.05, 0) is 35.4 Å². The molecule has 0 aliphatic carbocycles. The molecule has 1 saturated heterocycles. The molecule has 1 aliphatic heterocycles. The highest BCUT2D eigenvalue weighted by Crippen LogP contribution is 2.13. The van der Waals surface area contributed by atoms with E-state index in [1.54, 1.807) is 36.4 Å². The molecule has 0 radical (unpaired) electrons. The summed E-state index contributed by atoms with van der Waals surface area (Å²) >= 11 is 0. The van der Waals surface area contributed by atoms with E-state index in [0.717, 1.165) is 37.3 Å². The van der Waals surface area contributed by atoms with Gasteiger partial charge in [-0.2, -0.15) is 0 Å². The van der Waals surface area contributed by atoms with Gasteiger partial charge in [0.25, 0.3) is 11.1 Å². The van der Waals surface area contributed by atoms with Gasteiger partial charge in [0.2, 0.25) is 0 Å². The number of hydrogen-bond acceptors (Lipinski definition) is 7. The number of β-amino-alcohol motifs (C(OH)–C–C–N with tert-alkyl or cyclic N) is 2. The number of ether oxygens (including phenoxy) is 1. The monoisotopic (exact) mass is 492 g/mol. The zero-order valence-electron chi connectivity index (χ0n) is 20.1. The number of nitrogens with zero attached hydrogens (tertiary/aromatic N) is 2. The average molecular weight is 493 g/mol. The second-order valence-corrected chi connectivity index (χ2v) is 8.83. The molecule has 4 rings (SSSR count). The van der Waals surface area contributed by atoms with Crippen molar-refractivity contribution in [2.75, 3.05) is 52.5 Å². The summed E-state index contributed by atoms with van der Waals surface area (Å²) in [6.45, 7) is 5.04. The van der Waals surface area contributed by atoms with Gasteiger partial charge in [0, 0.05) is 39.3 Å². The van der Waals surface area contributed by atoms with Crippen molar-refractivity contribution in [3.8, 4) is 5.75 Å². The summed E-state index contributed by atoms with van der Waals surface area (Å²) in [5, 5.41) is 19.7. The second kappa shape index (κ2) is 12.5. The van der Waals surface area contributed by atoms with Crippen LogP contribution in [0, 0.1) is 0 Å². The number of aliphatic hydroxyl groups excluding tert-OH is 2. The van der Waals surface area contributed by atoms with E-state index < -0.39 is 11.7 Å². The van der Waals surface area contributed by atoms with Crippen LogP contribution in [0.25, 0.3) is 12.2 Å². The highest BCUT2D eigenvalue weighted by atomic mass is 16.5. The van der Waals surface area contributed by atoms with Crippen LogP contribution in [0.1, 0.15) is 11.1 Å². The van der Waals surface area contributed by atoms with E-state index in [9.17, 15) is 14.7 Å². The Morgan fingerprint density at radius 2 is 1.39 bits per heavy atom. The largest absolute Gasteiger partial charge is 0.491 e. The molecule has 9 heteroatoms. The fourth-order valence-corrected chi connectivity index (χ4v) is 4.12. The minimum Gasteiger partial charge on any atom is -0.491 e. The fourth-order valence-electron chi connectivity index (χ4n) is 4.12. The lowest BCUT2D eigenvalue weighted by atomic mass is 10.2. The van der Waals surface area contributed by atoms with Gasteiger partial charge in [0.1, 0.15) is 29.2 Å². The number of benzene rings is 2. The molecule has 1 aromatic heterocycles. The van der Waals surface area contributed by atoms with E-state index in [-0.39, 0.29) is 29.5 Å². The summed E-state index contributed by atoms with van der Waals surface area (Å²) in [4.78, 5) is 34.6. The fraction of sp³-hybridized carbons (Fsp3) is 0.333. The molecule has 1 atom stereocenters. The third kappa shape index (κ3) is 7.25. The zero-order valence-corrected chi connectivity index (χ0v) is 20.1. The van der Waals surface area contributed by atoms with Gasteiger partial charge < -0.3 is 24.9 Å². The molecule has 3 aromatic rings. The van der Waals surface area contributed by atoms with E-state index in [1.807, 2.05) is 30.3 Å². The van der Waals surface area contributed by atoms with Gasteiger partial charge in [0.15, 0.2) is 0 Å². The minimum absolute atomic E-state index is 0.161. The number of aromatic nitrogens is 2. The number of nitrogens with one attached hydrogen (secondary N) is 2. The second-order valence-electron chi connectivity index (χ2n) is 8.83. The Morgan fingerprint density at radius 1 is 0.833 bits per heavy atom. The highest BCUT2D eigenvalue weighted by molar-refractivity contribution is 5.50. The van der Waals surface area contributed by atoms with Gasteiger partial charge >= 0.3 is 0 Å². The number of H-pyrrole nitrogens is 2. The van der Waals surface area contributed by atoms with Crippen molar-refractivity contribution >= 4 is 12.2 Å². The van der Waals surface area contributed by atoms with Crippen LogP contribution in [0.2, 0.25) is 0 Å². The summed E-state index contributed by atoms with van der Waals surface area (Å²) < 4.78 is 5.73.